The zero-order valence-electron chi connectivity index (χ0n) is 15.9. The molecule has 0 aliphatic carbocycles. The van der Waals surface area contributed by atoms with Gasteiger partial charge < -0.3 is 14.4 Å². The summed E-state index contributed by atoms with van der Waals surface area (Å²) in [6.45, 7) is 5.99. The minimum Gasteiger partial charge on any atom is -0.490 e. The standard InChI is InChI=1S/C20H27FN2O4/c1-14(2)17-13-27-20(25)23(17)15-7-10-22(11-8-15)19(24)9-12-26-18-6-4-3-5-16(18)21/h3-6,14-15,17H,7-13H2,1-2H3. The summed E-state index contributed by atoms with van der Waals surface area (Å²) in [6.07, 6.45) is 1.47. The van der Waals surface area contributed by atoms with Crippen molar-refractivity contribution in [1.82, 2.24) is 9.80 Å². The van der Waals surface area contributed by atoms with E-state index in [1.165, 1.54) is 6.07 Å². The number of likely N-dealkylation sites (tertiary alicyclic amines) is 1. The number of para-hydroxylation sites is 1. The number of piperidine rings is 1. The molecule has 3 rings (SSSR count). The summed E-state index contributed by atoms with van der Waals surface area (Å²) in [5.74, 6) is 0.0695. The van der Waals surface area contributed by atoms with Gasteiger partial charge in [-0.1, -0.05) is 26.0 Å². The van der Waals surface area contributed by atoms with Gasteiger partial charge in [0.25, 0.3) is 0 Å². The van der Waals surface area contributed by atoms with E-state index < -0.39 is 5.82 Å². The minimum atomic E-state index is -0.428. The molecule has 2 fully saturated rings. The van der Waals surface area contributed by atoms with Crippen LogP contribution in [0.25, 0.3) is 0 Å². The summed E-state index contributed by atoms with van der Waals surface area (Å²) in [5, 5.41) is 0. The van der Waals surface area contributed by atoms with Gasteiger partial charge in [0, 0.05) is 19.1 Å². The van der Waals surface area contributed by atoms with Crippen molar-refractivity contribution >= 4 is 12.0 Å². The Hall–Kier alpha value is -2.31. The van der Waals surface area contributed by atoms with E-state index in [9.17, 15) is 14.0 Å². The summed E-state index contributed by atoms with van der Waals surface area (Å²) in [7, 11) is 0. The normalized spacial score (nSPS) is 20.9. The molecule has 7 heteroatoms. The van der Waals surface area contributed by atoms with Gasteiger partial charge in [-0.3, -0.25) is 9.69 Å². The van der Waals surface area contributed by atoms with Gasteiger partial charge in [-0.15, -0.1) is 0 Å². The van der Waals surface area contributed by atoms with E-state index in [1.54, 1.807) is 23.1 Å². The van der Waals surface area contributed by atoms with Crippen LogP contribution < -0.4 is 4.74 Å². The summed E-state index contributed by atoms with van der Waals surface area (Å²) >= 11 is 0. The largest absolute Gasteiger partial charge is 0.490 e. The number of rotatable bonds is 6. The molecule has 1 unspecified atom stereocenters. The molecule has 1 aromatic carbocycles. The predicted octanol–water partition coefficient (Wildman–Crippen LogP) is 3.06. The van der Waals surface area contributed by atoms with E-state index in [-0.39, 0.29) is 42.9 Å². The molecule has 6 nitrogen and oxygen atoms in total. The first-order valence-corrected chi connectivity index (χ1v) is 9.57. The van der Waals surface area contributed by atoms with Crippen molar-refractivity contribution in [2.45, 2.75) is 45.2 Å². The first-order valence-electron chi connectivity index (χ1n) is 9.57. The van der Waals surface area contributed by atoms with Gasteiger partial charge in [-0.05, 0) is 30.9 Å². The topological polar surface area (TPSA) is 59.1 Å². The zero-order chi connectivity index (χ0) is 19.4. The molecule has 27 heavy (non-hydrogen) atoms. The van der Waals surface area contributed by atoms with Crippen molar-refractivity contribution in [3.05, 3.63) is 30.1 Å². The molecule has 2 aliphatic rings. The maximum Gasteiger partial charge on any atom is 0.410 e. The fourth-order valence-corrected chi connectivity index (χ4v) is 3.74. The van der Waals surface area contributed by atoms with Crippen LogP contribution in [0.2, 0.25) is 0 Å². The van der Waals surface area contributed by atoms with Gasteiger partial charge in [0.1, 0.15) is 6.61 Å². The Morgan fingerprint density at radius 3 is 2.67 bits per heavy atom. The molecule has 0 N–H and O–H groups in total. The molecule has 0 radical (unpaired) electrons. The number of hydrogen-bond acceptors (Lipinski definition) is 4. The van der Waals surface area contributed by atoms with Gasteiger partial charge in [-0.2, -0.15) is 0 Å². The van der Waals surface area contributed by atoms with Crippen LogP contribution in [0.15, 0.2) is 24.3 Å². The molecule has 2 amide bonds. The molecule has 148 valence electrons. The second-order valence-electron chi connectivity index (χ2n) is 7.44. The highest BCUT2D eigenvalue weighted by Gasteiger charge is 2.40. The van der Waals surface area contributed by atoms with Crippen LogP contribution in [0.5, 0.6) is 5.75 Å². The van der Waals surface area contributed by atoms with Crippen molar-refractivity contribution in [3.8, 4) is 5.75 Å². The third-order valence-corrected chi connectivity index (χ3v) is 5.34. The fourth-order valence-electron chi connectivity index (χ4n) is 3.74. The maximum absolute atomic E-state index is 13.5. The molecule has 0 saturated carbocycles. The highest BCUT2D eigenvalue weighted by atomic mass is 19.1. The Morgan fingerprint density at radius 1 is 1.30 bits per heavy atom. The average molecular weight is 378 g/mol. The highest BCUT2D eigenvalue weighted by Crippen LogP contribution is 2.27. The van der Waals surface area contributed by atoms with Crippen molar-refractivity contribution < 1.29 is 23.5 Å². The van der Waals surface area contributed by atoms with Gasteiger partial charge >= 0.3 is 6.09 Å². The summed E-state index contributed by atoms with van der Waals surface area (Å²) in [4.78, 5) is 28.1. The Labute approximate surface area is 159 Å². The Morgan fingerprint density at radius 2 is 2.00 bits per heavy atom. The number of benzene rings is 1. The van der Waals surface area contributed by atoms with Crippen molar-refractivity contribution in [2.24, 2.45) is 5.92 Å². The lowest BCUT2D eigenvalue weighted by molar-refractivity contribution is -0.133. The quantitative estimate of drug-likeness (QED) is 0.763. The van der Waals surface area contributed by atoms with Crippen molar-refractivity contribution in [3.63, 3.8) is 0 Å². The molecule has 1 atom stereocenters. The van der Waals surface area contributed by atoms with E-state index in [4.69, 9.17) is 9.47 Å². The summed E-state index contributed by atoms with van der Waals surface area (Å²) < 4.78 is 24.1. The average Bonchev–Trinajstić information content (AvgIpc) is 3.05. The molecule has 2 heterocycles. The Balaban J connectivity index is 1.45. The predicted molar refractivity (Wildman–Crippen MR) is 97.9 cm³/mol. The summed E-state index contributed by atoms with van der Waals surface area (Å²) in [5.41, 5.74) is 0. The van der Waals surface area contributed by atoms with E-state index in [0.717, 1.165) is 12.8 Å². The van der Waals surface area contributed by atoms with Gasteiger partial charge in [-0.25, -0.2) is 9.18 Å². The summed E-state index contributed by atoms with van der Waals surface area (Å²) in [6, 6.07) is 6.39. The fraction of sp³-hybridized carbons (Fsp3) is 0.600. The van der Waals surface area contributed by atoms with Crippen molar-refractivity contribution in [2.75, 3.05) is 26.3 Å². The van der Waals surface area contributed by atoms with Crippen LogP contribution in [-0.4, -0.2) is 60.2 Å². The van der Waals surface area contributed by atoms with Gasteiger partial charge in [0.05, 0.1) is 19.1 Å². The van der Waals surface area contributed by atoms with Gasteiger partial charge in [0.2, 0.25) is 5.91 Å². The second kappa shape index (κ2) is 8.59. The van der Waals surface area contributed by atoms with Crippen LogP contribution in [0.3, 0.4) is 0 Å². The van der Waals surface area contributed by atoms with Crippen LogP contribution in [0.4, 0.5) is 9.18 Å². The van der Waals surface area contributed by atoms with E-state index in [1.807, 2.05) is 4.90 Å². The lowest BCUT2D eigenvalue weighted by atomic mass is 9.97. The molecule has 0 aromatic heterocycles. The molecule has 2 aliphatic heterocycles. The molecule has 1 aromatic rings. The highest BCUT2D eigenvalue weighted by molar-refractivity contribution is 5.76. The molecule has 0 spiro atoms. The zero-order valence-corrected chi connectivity index (χ0v) is 15.9. The number of ether oxygens (including phenoxy) is 2. The number of carbonyl (C=O) groups excluding carboxylic acids is 2. The Kier molecular flexibility index (Phi) is 6.19. The first kappa shape index (κ1) is 19.5. The van der Waals surface area contributed by atoms with Crippen LogP contribution in [0.1, 0.15) is 33.1 Å². The number of halogens is 1. The molecular formula is C20H27FN2O4. The smallest absolute Gasteiger partial charge is 0.410 e. The van der Waals surface area contributed by atoms with Crippen molar-refractivity contribution in [1.29, 1.82) is 0 Å². The maximum atomic E-state index is 13.5. The minimum absolute atomic E-state index is 0.00537. The number of amides is 2. The second-order valence-corrected chi connectivity index (χ2v) is 7.44. The number of cyclic esters (lactones) is 1. The van der Waals surface area contributed by atoms with Crippen LogP contribution in [0, 0.1) is 11.7 Å². The van der Waals surface area contributed by atoms with E-state index in [0.29, 0.717) is 25.6 Å². The Bertz CT molecular complexity index is 674. The molecule has 0 bridgehead atoms. The SMILES string of the molecule is CC(C)C1COC(=O)N1C1CCN(C(=O)CCOc2ccccc2F)CC1. The van der Waals surface area contributed by atoms with E-state index in [2.05, 4.69) is 13.8 Å². The van der Waals surface area contributed by atoms with E-state index >= 15 is 0 Å². The monoisotopic (exact) mass is 378 g/mol. The number of carbonyl (C=O) groups is 2. The lowest BCUT2D eigenvalue weighted by Gasteiger charge is -2.38. The number of hydrogen-bond donors (Lipinski definition) is 0. The third-order valence-electron chi connectivity index (χ3n) is 5.34. The number of nitrogens with zero attached hydrogens (tertiary/aromatic N) is 2. The van der Waals surface area contributed by atoms with Gasteiger partial charge in [0.15, 0.2) is 11.6 Å². The molecule has 2 saturated heterocycles. The first-order chi connectivity index (χ1) is 13.0. The van der Waals surface area contributed by atoms with Crippen LogP contribution in [-0.2, 0) is 9.53 Å². The molecular weight excluding hydrogens is 351 g/mol. The third kappa shape index (κ3) is 4.51. The van der Waals surface area contributed by atoms with Crippen LogP contribution >= 0.6 is 0 Å². The lowest BCUT2D eigenvalue weighted by Crippen LogP contribution is -2.51.